The van der Waals surface area contributed by atoms with E-state index in [0.29, 0.717) is 34.7 Å². The second-order valence-electron chi connectivity index (χ2n) is 7.99. The number of fused-ring (bicyclic) bond motifs is 3. The number of halogens is 2. The van der Waals surface area contributed by atoms with Crippen molar-refractivity contribution in [1.82, 2.24) is 19.2 Å². The van der Waals surface area contributed by atoms with E-state index in [1.807, 2.05) is 36.4 Å². The van der Waals surface area contributed by atoms with Gasteiger partial charge < -0.3 is 9.30 Å². The van der Waals surface area contributed by atoms with Crippen LogP contribution in [-0.4, -0.2) is 32.9 Å². The fourth-order valence-electron chi connectivity index (χ4n) is 4.39. The lowest BCUT2D eigenvalue weighted by Crippen LogP contribution is -2.27. The number of rotatable bonds is 4. The van der Waals surface area contributed by atoms with Gasteiger partial charge in [0.05, 0.1) is 34.4 Å². The topological polar surface area (TPSA) is 72.3 Å². The Labute approximate surface area is 201 Å². The molecular formula is C24H24Cl2N4O3. The van der Waals surface area contributed by atoms with Gasteiger partial charge >= 0.3 is 0 Å². The Morgan fingerprint density at radius 1 is 1.06 bits per heavy atom. The average molecular weight is 487 g/mol. The van der Waals surface area contributed by atoms with Gasteiger partial charge in [-0.05, 0) is 36.2 Å². The van der Waals surface area contributed by atoms with Crippen LogP contribution in [0.15, 0.2) is 64.2 Å². The van der Waals surface area contributed by atoms with E-state index in [1.54, 1.807) is 23.8 Å². The van der Waals surface area contributed by atoms with Crippen LogP contribution in [0.1, 0.15) is 17.7 Å². The highest BCUT2D eigenvalue weighted by Crippen LogP contribution is 2.23. The summed E-state index contributed by atoms with van der Waals surface area (Å²) in [6.07, 6.45) is 0.831. The standard InChI is InChI=1S/C24H23ClN4O3.ClH/c1-32-17-9-7-16(8-10-17)14-27-11-4-12-28-21(15-27)23-19(13-22(28)30)26-29(24(23)31)20-6-3-2-5-18(20)25;/h2-3,5-10,13,26H,4,11-12,14-15H2,1H3;1H. The van der Waals surface area contributed by atoms with Gasteiger partial charge in [-0.2, -0.15) is 0 Å². The number of methoxy groups -OCH3 is 1. The molecular weight excluding hydrogens is 463 g/mol. The molecule has 0 saturated carbocycles. The number of para-hydroxylation sites is 1. The molecule has 2 aromatic carbocycles. The number of H-pyrrole nitrogens is 1. The molecule has 172 valence electrons. The second kappa shape index (κ2) is 9.47. The van der Waals surface area contributed by atoms with E-state index in [9.17, 15) is 9.59 Å². The SMILES string of the molecule is COc1ccc(CN2CCCn3c(c4c(=O)n(-c5ccccc5Cl)[nH]c4cc3=O)C2)cc1.Cl. The van der Waals surface area contributed by atoms with Crippen molar-refractivity contribution in [2.75, 3.05) is 13.7 Å². The zero-order valence-electron chi connectivity index (χ0n) is 18.1. The molecule has 0 radical (unpaired) electrons. The third kappa shape index (κ3) is 4.31. The van der Waals surface area contributed by atoms with Gasteiger partial charge in [0.1, 0.15) is 5.75 Å². The molecule has 7 nitrogen and oxygen atoms in total. The van der Waals surface area contributed by atoms with Gasteiger partial charge in [-0.1, -0.05) is 35.9 Å². The summed E-state index contributed by atoms with van der Waals surface area (Å²) >= 11 is 6.33. The van der Waals surface area contributed by atoms with Crippen molar-refractivity contribution in [3.63, 3.8) is 0 Å². The summed E-state index contributed by atoms with van der Waals surface area (Å²) < 4.78 is 8.41. The second-order valence-corrected chi connectivity index (χ2v) is 8.39. The maximum Gasteiger partial charge on any atom is 0.280 e. The smallest absolute Gasteiger partial charge is 0.280 e. The fourth-order valence-corrected chi connectivity index (χ4v) is 4.61. The molecule has 2 aromatic heterocycles. The van der Waals surface area contributed by atoms with E-state index in [0.717, 1.165) is 36.5 Å². The first-order valence-corrected chi connectivity index (χ1v) is 10.9. The summed E-state index contributed by atoms with van der Waals surface area (Å²) in [5, 5.41) is 4.08. The number of hydrogen-bond donors (Lipinski definition) is 1. The summed E-state index contributed by atoms with van der Waals surface area (Å²) in [6.45, 7) is 2.64. The van der Waals surface area contributed by atoms with E-state index >= 15 is 0 Å². The predicted octanol–water partition coefficient (Wildman–Crippen LogP) is 3.97. The van der Waals surface area contributed by atoms with Crippen molar-refractivity contribution in [2.45, 2.75) is 26.1 Å². The molecule has 5 rings (SSSR count). The number of hydrogen-bond acceptors (Lipinski definition) is 4. The highest BCUT2D eigenvalue weighted by atomic mass is 35.5. The zero-order chi connectivity index (χ0) is 22.2. The first-order valence-electron chi connectivity index (χ1n) is 10.5. The Balaban J connectivity index is 0.00000259. The van der Waals surface area contributed by atoms with Crippen LogP contribution in [0, 0.1) is 0 Å². The normalized spacial score (nSPS) is 13.9. The summed E-state index contributed by atoms with van der Waals surface area (Å²) in [5.41, 5.74) is 2.67. The van der Waals surface area contributed by atoms with Crippen LogP contribution in [0.4, 0.5) is 0 Å². The van der Waals surface area contributed by atoms with E-state index in [-0.39, 0.29) is 23.5 Å². The third-order valence-corrected chi connectivity index (χ3v) is 6.27. The zero-order valence-corrected chi connectivity index (χ0v) is 19.7. The summed E-state index contributed by atoms with van der Waals surface area (Å²) in [5.74, 6) is 0.815. The van der Waals surface area contributed by atoms with Crippen molar-refractivity contribution in [3.8, 4) is 11.4 Å². The monoisotopic (exact) mass is 486 g/mol. The van der Waals surface area contributed by atoms with Gasteiger partial charge in [-0.15, -0.1) is 12.4 Å². The Morgan fingerprint density at radius 3 is 2.55 bits per heavy atom. The molecule has 1 aliphatic rings. The molecule has 0 unspecified atom stereocenters. The minimum absolute atomic E-state index is 0. The molecule has 33 heavy (non-hydrogen) atoms. The first kappa shape index (κ1) is 23.2. The minimum Gasteiger partial charge on any atom is -0.497 e. The van der Waals surface area contributed by atoms with Gasteiger partial charge in [0.25, 0.3) is 11.1 Å². The molecule has 0 saturated heterocycles. The lowest BCUT2D eigenvalue weighted by Gasteiger charge is -2.20. The van der Waals surface area contributed by atoms with Gasteiger partial charge in [0, 0.05) is 32.2 Å². The van der Waals surface area contributed by atoms with E-state index in [1.165, 1.54) is 10.7 Å². The van der Waals surface area contributed by atoms with Crippen molar-refractivity contribution in [2.24, 2.45) is 0 Å². The Bertz CT molecular complexity index is 1410. The maximum absolute atomic E-state index is 13.4. The van der Waals surface area contributed by atoms with Gasteiger partial charge in [0.15, 0.2) is 0 Å². The van der Waals surface area contributed by atoms with Crippen LogP contribution >= 0.6 is 24.0 Å². The number of pyridine rings is 1. The van der Waals surface area contributed by atoms with Gasteiger partial charge in [0.2, 0.25) is 0 Å². The Hall–Kier alpha value is -3.00. The van der Waals surface area contributed by atoms with Crippen molar-refractivity contribution < 1.29 is 4.74 Å². The Morgan fingerprint density at radius 2 is 1.82 bits per heavy atom. The molecule has 0 atom stereocenters. The van der Waals surface area contributed by atoms with Crippen molar-refractivity contribution >= 4 is 34.9 Å². The number of aromatic nitrogens is 3. The van der Waals surface area contributed by atoms with Crippen molar-refractivity contribution in [1.29, 1.82) is 0 Å². The summed E-state index contributed by atoms with van der Waals surface area (Å²) in [6, 6.07) is 16.6. The number of ether oxygens (including phenoxy) is 1. The van der Waals surface area contributed by atoms with Crippen molar-refractivity contribution in [3.05, 3.63) is 91.6 Å². The highest BCUT2D eigenvalue weighted by molar-refractivity contribution is 6.32. The maximum atomic E-state index is 13.4. The third-order valence-electron chi connectivity index (χ3n) is 5.95. The molecule has 0 spiro atoms. The molecule has 9 heteroatoms. The van der Waals surface area contributed by atoms with E-state index in [2.05, 4.69) is 10.00 Å². The number of benzene rings is 2. The number of nitrogens with zero attached hydrogens (tertiary/aromatic N) is 3. The van der Waals surface area contributed by atoms with Gasteiger partial charge in [-0.3, -0.25) is 19.6 Å². The fraction of sp³-hybridized carbons (Fsp3) is 0.250. The summed E-state index contributed by atoms with van der Waals surface area (Å²) in [4.78, 5) is 28.6. The molecule has 0 fully saturated rings. The van der Waals surface area contributed by atoms with Crippen LogP contribution < -0.4 is 15.9 Å². The van der Waals surface area contributed by atoms with Crippen LogP contribution in [0.25, 0.3) is 16.6 Å². The predicted molar refractivity (Wildman–Crippen MR) is 132 cm³/mol. The molecule has 1 aliphatic heterocycles. The average Bonchev–Trinajstić information content (AvgIpc) is 2.97. The first-order chi connectivity index (χ1) is 15.5. The minimum atomic E-state index is -0.205. The van der Waals surface area contributed by atoms with Crippen LogP contribution in [0.3, 0.4) is 0 Å². The van der Waals surface area contributed by atoms with Crippen LogP contribution in [0.2, 0.25) is 5.02 Å². The molecule has 0 bridgehead atoms. The summed E-state index contributed by atoms with van der Waals surface area (Å²) in [7, 11) is 1.65. The molecule has 3 heterocycles. The highest BCUT2D eigenvalue weighted by Gasteiger charge is 2.22. The van der Waals surface area contributed by atoms with Crippen LogP contribution in [0.5, 0.6) is 5.75 Å². The van der Waals surface area contributed by atoms with Crippen LogP contribution in [-0.2, 0) is 19.6 Å². The quantitative estimate of drug-likeness (QED) is 0.473. The lowest BCUT2D eigenvalue weighted by atomic mass is 10.2. The number of nitrogens with one attached hydrogen (secondary N) is 1. The molecule has 1 N–H and O–H groups in total. The molecule has 0 aliphatic carbocycles. The lowest BCUT2D eigenvalue weighted by molar-refractivity contribution is 0.261. The van der Waals surface area contributed by atoms with Gasteiger partial charge in [-0.25, -0.2) is 4.68 Å². The van der Waals surface area contributed by atoms with E-state index < -0.39 is 0 Å². The van der Waals surface area contributed by atoms with E-state index in [4.69, 9.17) is 16.3 Å². The molecule has 0 amide bonds. The largest absolute Gasteiger partial charge is 0.497 e. The Kier molecular flexibility index (Phi) is 6.65. The number of aromatic amines is 1. The molecule has 4 aromatic rings.